The number of Topliss-reactive ketones (excluding diaryl/α,β-unsaturated/α-hetero) is 1. The highest BCUT2D eigenvalue weighted by Crippen LogP contribution is 2.21. The predicted octanol–water partition coefficient (Wildman–Crippen LogP) is 3.00. The summed E-state index contributed by atoms with van der Waals surface area (Å²) in [5.41, 5.74) is -0.452. The van der Waals surface area contributed by atoms with Gasteiger partial charge in [0.15, 0.2) is 0 Å². The van der Waals surface area contributed by atoms with Crippen molar-refractivity contribution in [1.29, 1.82) is 0 Å². The molecule has 0 aliphatic carbocycles. The monoisotopic (exact) mass is 255 g/mol. The summed E-state index contributed by atoms with van der Waals surface area (Å²) < 4.78 is 5.32. The molecular weight excluding hydrogens is 230 g/mol. The van der Waals surface area contributed by atoms with E-state index in [1.165, 1.54) is 0 Å². The summed E-state index contributed by atoms with van der Waals surface area (Å²) >= 11 is 0. The lowest BCUT2D eigenvalue weighted by Gasteiger charge is -2.32. The van der Waals surface area contributed by atoms with Crippen molar-refractivity contribution in [2.24, 2.45) is 5.92 Å². The number of carbonyl (C=O) groups is 2. The predicted molar refractivity (Wildman–Crippen MR) is 70.4 cm³/mol. The lowest BCUT2D eigenvalue weighted by Crippen LogP contribution is -2.42. The Kier molecular flexibility index (Phi) is 5.17. The number of ether oxygens (including phenoxy) is 1. The lowest BCUT2D eigenvalue weighted by molar-refractivity contribution is -0.124. The second-order valence-electron chi connectivity index (χ2n) is 5.96. The van der Waals surface area contributed by atoms with Gasteiger partial charge < -0.3 is 9.64 Å². The highest BCUT2D eigenvalue weighted by molar-refractivity contribution is 5.81. The third-order valence-electron chi connectivity index (χ3n) is 3.10. The topological polar surface area (TPSA) is 46.6 Å². The summed E-state index contributed by atoms with van der Waals surface area (Å²) in [6.45, 7) is 8.88. The van der Waals surface area contributed by atoms with Crippen molar-refractivity contribution in [3.8, 4) is 0 Å². The van der Waals surface area contributed by atoms with Gasteiger partial charge in [0.25, 0.3) is 0 Å². The largest absolute Gasteiger partial charge is 0.444 e. The minimum Gasteiger partial charge on any atom is -0.444 e. The first-order chi connectivity index (χ1) is 8.33. The first kappa shape index (κ1) is 15.0. The van der Waals surface area contributed by atoms with Crippen LogP contribution in [0.1, 0.15) is 53.4 Å². The van der Waals surface area contributed by atoms with Crippen LogP contribution in [0.5, 0.6) is 0 Å². The third kappa shape index (κ3) is 4.67. The van der Waals surface area contributed by atoms with Crippen LogP contribution < -0.4 is 0 Å². The van der Waals surface area contributed by atoms with E-state index < -0.39 is 5.60 Å². The number of amides is 1. The Labute approximate surface area is 110 Å². The minimum atomic E-state index is -0.452. The van der Waals surface area contributed by atoms with Crippen molar-refractivity contribution in [2.45, 2.75) is 59.0 Å². The summed E-state index contributed by atoms with van der Waals surface area (Å²) in [7, 11) is 0. The molecule has 0 saturated carbocycles. The molecule has 1 saturated heterocycles. The van der Waals surface area contributed by atoms with Crippen LogP contribution in [0, 0.1) is 5.92 Å². The zero-order valence-electron chi connectivity index (χ0n) is 12.0. The normalized spacial score (nSPS) is 17.7. The number of carbonyl (C=O) groups excluding carboxylic acids is 2. The average molecular weight is 255 g/mol. The lowest BCUT2D eigenvalue weighted by atomic mass is 9.90. The number of nitrogens with zero attached hydrogens (tertiary/aromatic N) is 1. The van der Waals surface area contributed by atoms with Gasteiger partial charge in [0.05, 0.1) is 0 Å². The number of hydrogen-bond donors (Lipinski definition) is 0. The Hall–Kier alpha value is -1.06. The number of piperidine rings is 1. The average Bonchev–Trinajstić information content (AvgIpc) is 2.27. The van der Waals surface area contributed by atoms with Crippen molar-refractivity contribution in [1.82, 2.24) is 4.90 Å². The van der Waals surface area contributed by atoms with E-state index in [0.29, 0.717) is 25.3 Å². The highest BCUT2D eigenvalue weighted by atomic mass is 16.6. The van der Waals surface area contributed by atoms with E-state index in [0.717, 1.165) is 19.3 Å². The smallest absolute Gasteiger partial charge is 0.410 e. The molecule has 0 N–H and O–H groups in total. The van der Waals surface area contributed by atoms with E-state index in [1.807, 2.05) is 27.7 Å². The molecule has 18 heavy (non-hydrogen) atoms. The zero-order chi connectivity index (χ0) is 13.8. The molecule has 1 amide bonds. The molecular formula is C14H25NO3. The molecule has 4 heteroatoms. The Morgan fingerprint density at radius 2 is 1.78 bits per heavy atom. The first-order valence-corrected chi connectivity index (χ1v) is 6.84. The Balaban J connectivity index is 2.39. The van der Waals surface area contributed by atoms with Crippen molar-refractivity contribution in [2.75, 3.05) is 13.1 Å². The zero-order valence-corrected chi connectivity index (χ0v) is 12.0. The van der Waals surface area contributed by atoms with E-state index in [1.54, 1.807) is 4.90 Å². The summed E-state index contributed by atoms with van der Waals surface area (Å²) in [5, 5.41) is 0. The van der Waals surface area contributed by atoms with Crippen molar-refractivity contribution < 1.29 is 14.3 Å². The molecule has 4 nitrogen and oxygen atoms in total. The molecule has 0 atom stereocenters. The van der Waals surface area contributed by atoms with Gasteiger partial charge in [0, 0.05) is 25.4 Å². The SMILES string of the molecule is CCCC(=O)C1CCN(C(=O)OC(C)(C)C)CC1. The summed E-state index contributed by atoms with van der Waals surface area (Å²) in [4.78, 5) is 25.3. The quantitative estimate of drug-likeness (QED) is 0.778. The maximum absolute atomic E-state index is 11.8. The van der Waals surface area contributed by atoms with Gasteiger partial charge in [-0.25, -0.2) is 4.79 Å². The number of rotatable bonds is 3. The van der Waals surface area contributed by atoms with Gasteiger partial charge in [-0.05, 0) is 40.0 Å². The number of ketones is 1. The Bertz CT molecular complexity index is 299. The van der Waals surface area contributed by atoms with Crippen LogP contribution in [0.15, 0.2) is 0 Å². The molecule has 104 valence electrons. The second kappa shape index (κ2) is 6.21. The fraction of sp³-hybridized carbons (Fsp3) is 0.857. The molecule has 0 aromatic heterocycles. The van der Waals surface area contributed by atoms with Crippen LogP contribution in [0.4, 0.5) is 4.79 Å². The summed E-state index contributed by atoms with van der Waals surface area (Å²) in [6.07, 6.45) is 2.86. The van der Waals surface area contributed by atoms with E-state index in [4.69, 9.17) is 4.74 Å². The van der Waals surface area contributed by atoms with Gasteiger partial charge in [-0.2, -0.15) is 0 Å². The van der Waals surface area contributed by atoms with Crippen molar-refractivity contribution >= 4 is 11.9 Å². The molecule has 0 aromatic carbocycles. The van der Waals surface area contributed by atoms with Crippen LogP contribution in [-0.2, 0) is 9.53 Å². The van der Waals surface area contributed by atoms with Crippen LogP contribution >= 0.6 is 0 Å². The fourth-order valence-electron chi connectivity index (χ4n) is 2.16. The molecule has 0 aromatic rings. The number of likely N-dealkylation sites (tertiary alicyclic amines) is 1. The van der Waals surface area contributed by atoms with Crippen LogP contribution in [-0.4, -0.2) is 35.5 Å². The van der Waals surface area contributed by atoms with Crippen molar-refractivity contribution in [3.05, 3.63) is 0 Å². The minimum absolute atomic E-state index is 0.142. The van der Waals surface area contributed by atoms with Crippen LogP contribution in [0.3, 0.4) is 0 Å². The van der Waals surface area contributed by atoms with E-state index in [2.05, 4.69) is 0 Å². The van der Waals surface area contributed by atoms with Gasteiger partial charge in [-0.3, -0.25) is 4.79 Å². The molecule has 1 fully saturated rings. The number of hydrogen-bond acceptors (Lipinski definition) is 3. The molecule has 0 bridgehead atoms. The van der Waals surface area contributed by atoms with Gasteiger partial charge in [-0.1, -0.05) is 6.92 Å². The summed E-state index contributed by atoms with van der Waals surface area (Å²) in [5.74, 6) is 0.491. The molecule has 1 rings (SSSR count). The highest BCUT2D eigenvalue weighted by Gasteiger charge is 2.29. The summed E-state index contributed by atoms with van der Waals surface area (Å²) in [6, 6.07) is 0. The van der Waals surface area contributed by atoms with E-state index >= 15 is 0 Å². The first-order valence-electron chi connectivity index (χ1n) is 6.84. The molecule has 0 unspecified atom stereocenters. The standard InChI is InChI=1S/C14H25NO3/c1-5-6-12(16)11-7-9-15(10-8-11)13(17)18-14(2,3)4/h11H,5-10H2,1-4H3. The maximum atomic E-state index is 11.8. The third-order valence-corrected chi connectivity index (χ3v) is 3.10. The van der Waals surface area contributed by atoms with Crippen LogP contribution in [0.25, 0.3) is 0 Å². The Morgan fingerprint density at radius 1 is 1.22 bits per heavy atom. The molecule has 1 aliphatic heterocycles. The molecule has 1 aliphatic rings. The van der Waals surface area contributed by atoms with Gasteiger partial charge >= 0.3 is 6.09 Å². The molecule has 0 spiro atoms. The van der Waals surface area contributed by atoms with Gasteiger partial charge in [-0.15, -0.1) is 0 Å². The molecule has 1 heterocycles. The van der Waals surface area contributed by atoms with Crippen LogP contribution in [0.2, 0.25) is 0 Å². The second-order valence-corrected chi connectivity index (χ2v) is 5.96. The van der Waals surface area contributed by atoms with Gasteiger partial charge in [0.2, 0.25) is 0 Å². The van der Waals surface area contributed by atoms with Crippen molar-refractivity contribution in [3.63, 3.8) is 0 Å². The van der Waals surface area contributed by atoms with E-state index in [-0.39, 0.29) is 12.0 Å². The molecule has 0 radical (unpaired) electrons. The fourth-order valence-corrected chi connectivity index (χ4v) is 2.16. The van der Waals surface area contributed by atoms with Gasteiger partial charge in [0.1, 0.15) is 11.4 Å². The maximum Gasteiger partial charge on any atom is 0.410 e. The Morgan fingerprint density at radius 3 is 2.22 bits per heavy atom. The van der Waals surface area contributed by atoms with E-state index in [9.17, 15) is 9.59 Å².